The standard InChI is InChI=1S/C24H29NO3.C4H6O6/c1-14-5-4-6-19(11-14)24(28,23(26)27)21-10-9-20(15(2)16(21)3)22-17-7-8-18(22)13-25-12-17;5-1(3(7)8)2(6)4(9)10/h4-6,9-11,17-18,22,25,28H,7-8,12-13H2,1-3H3,(H,26,27);1-2,5-6H,(H,7,8)(H,9,10). The van der Waals surface area contributed by atoms with Crippen molar-refractivity contribution in [3.05, 3.63) is 69.8 Å². The van der Waals surface area contributed by atoms with Crippen LogP contribution in [0.25, 0.3) is 0 Å². The largest absolute Gasteiger partial charge is 0.479 e. The zero-order chi connectivity index (χ0) is 28.4. The van der Waals surface area contributed by atoms with E-state index in [4.69, 9.17) is 20.4 Å². The zero-order valence-electron chi connectivity index (χ0n) is 21.6. The third-order valence-corrected chi connectivity index (χ3v) is 7.87. The average Bonchev–Trinajstić information content (AvgIpc) is 3.11. The molecule has 5 atom stereocenters. The Morgan fingerprint density at radius 3 is 1.89 bits per heavy atom. The molecule has 1 saturated carbocycles. The molecule has 10 heteroatoms. The van der Waals surface area contributed by atoms with E-state index in [1.165, 1.54) is 18.4 Å². The van der Waals surface area contributed by atoms with Gasteiger partial charge in [0.1, 0.15) is 0 Å². The lowest BCUT2D eigenvalue weighted by Gasteiger charge is -2.34. The first-order chi connectivity index (χ1) is 17.8. The normalized spacial score (nSPS) is 23.4. The Labute approximate surface area is 220 Å². The van der Waals surface area contributed by atoms with Gasteiger partial charge < -0.3 is 36.0 Å². The lowest BCUT2D eigenvalue weighted by atomic mass is 9.75. The lowest BCUT2D eigenvalue weighted by molar-refractivity contribution is -0.165. The van der Waals surface area contributed by atoms with Crippen molar-refractivity contribution in [1.82, 2.24) is 5.32 Å². The Balaban J connectivity index is 0.000000342. The van der Waals surface area contributed by atoms with E-state index in [0.29, 0.717) is 28.9 Å². The molecule has 2 fully saturated rings. The molecule has 1 saturated heterocycles. The zero-order valence-corrected chi connectivity index (χ0v) is 21.6. The minimum atomic E-state index is -2.27. The van der Waals surface area contributed by atoms with Gasteiger partial charge in [0.25, 0.3) is 0 Å². The summed E-state index contributed by atoms with van der Waals surface area (Å²) in [5.41, 5.74) is 3.06. The third kappa shape index (κ3) is 5.58. The Kier molecular flexibility index (Phi) is 8.94. The van der Waals surface area contributed by atoms with E-state index in [2.05, 4.69) is 18.3 Å². The summed E-state index contributed by atoms with van der Waals surface area (Å²) >= 11 is 0. The highest BCUT2D eigenvalue weighted by Gasteiger charge is 2.44. The van der Waals surface area contributed by atoms with Gasteiger partial charge in [-0.2, -0.15) is 0 Å². The van der Waals surface area contributed by atoms with Crippen molar-refractivity contribution < 1.29 is 45.0 Å². The molecule has 0 amide bonds. The van der Waals surface area contributed by atoms with Crippen LogP contribution in [0, 0.1) is 32.6 Å². The quantitative estimate of drug-likeness (QED) is 0.277. The van der Waals surface area contributed by atoms with Crippen LogP contribution in [0.15, 0.2) is 36.4 Å². The molecule has 1 aliphatic heterocycles. The van der Waals surface area contributed by atoms with Crippen LogP contribution in [0.5, 0.6) is 0 Å². The second-order valence-electron chi connectivity index (χ2n) is 10.2. The lowest BCUT2D eigenvalue weighted by Crippen LogP contribution is -2.39. The summed E-state index contributed by atoms with van der Waals surface area (Å²) in [6.07, 6.45) is -2.02. The fraction of sp³-hybridized carbons (Fsp3) is 0.464. The molecule has 1 aliphatic carbocycles. The molecule has 1 heterocycles. The SMILES string of the molecule is Cc1cccc(C(O)(C(=O)O)c2ccc(C3C4CCC3CNC4)c(C)c2C)c1.O=C(O)C(O)C(O)C(=O)O. The first-order valence-corrected chi connectivity index (χ1v) is 12.5. The Morgan fingerprint density at radius 2 is 1.42 bits per heavy atom. The van der Waals surface area contributed by atoms with Gasteiger partial charge in [-0.1, -0.05) is 42.0 Å². The molecule has 2 aromatic rings. The number of hydrogen-bond acceptors (Lipinski definition) is 7. The van der Waals surface area contributed by atoms with Gasteiger partial charge in [-0.25, -0.2) is 14.4 Å². The summed E-state index contributed by atoms with van der Waals surface area (Å²) in [5.74, 6) is -2.94. The average molecular weight is 530 g/mol. The number of piperidine rings is 1. The maximum absolute atomic E-state index is 12.2. The number of nitrogens with one attached hydrogen (secondary N) is 1. The topological polar surface area (TPSA) is 185 Å². The molecule has 0 spiro atoms. The third-order valence-electron chi connectivity index (χ3n) is 7.87. The maximum atomic E-state index is 12.2. The number of benzene rings is 2. The number of aliphatic carboxylic acids is 3. The summed E-state index contributed by atoms with van der Waals surface area (Å²) in [7, 11) is 0. The van der Waals surface area contributed by atoms with Gasteiger partial charge >= 0.3 is 17.9 Å². The molecule has 7 N–H and O–H groups in total. The fourth-order valence-electron chi connectivity index (χ4n) is 5.72. The minimum absolute atomic E-state index is 0.400. The molecule has 206 valence electrons. The summed E-state index contributed by atoms with van der Waals surface area (Å²) in [6.45, 7) is 8.04. The van der Waals surface area contributed by atoms with Crippen molar-refractivity contribution in [1.29, 1.82) is 0 Å². The van der Waals surface area contributed by atoms with Crippen LogP contribution in [-0.4, -0.2) is 73.8 Å². The van der Waals surface area contributed by atoms with Crippen LogP contribution >= 0.6 is 0 Å². The van der Waals surface area contributed by atoms with Crippen LogP contribution in [-0.2, 0) is 20.0 Å². The van der Waals surface area contributed by atoms with Gasteiger partial charge in [-0.3, -0.25) is 0 Å². The van der Waals surface area contributed by atoms with Crippen molar-refractivity contribution in [2.24, 2.45) is 11.8 Å². The van der Waals surface area contributed by atoms with Crippen LogP contribution < -0.4 is 5.32 Å². The molecular formula is C28H35NO9. The number of carbonyl (C=O) groups is 3. The first-order valence-electron chi connectivity index (χ1n) is 12.5. The van der Waals surface area contributed by atoms with Gasteiger partial charge in [0, 0.05) is 5.56 Å². The van der Waals surface area contributed by atoms with E-state index < -0.39 is 35.7 Å². The number of aliphatic hydroxyl groups is 3. The van der Waals surface area contributed by atoms with Crippen molar-refractivity contribution in [2.75, 3.05) is 13.1 Å². The number of hydrogen-bond donors (Lipinski definition) is 7. The van der Waals surface area contributed by atoms with Gasteiger partial charge in [-0.05, 0) is 86.7 Å². The molecule has 10 nitrogen and oxygen atoms in total. The molecule has 4 rings (SSSR count). The monoisotopic (exact) mass is 529 g/mol. The second-order valence-corrected chi connectivity index (χ2v) is 10.2. The highest BCUT2D eigenvalue weighted by molar-refractivity contribution is 5.84. The number of aryl methyl sites for hydroxylation is 1. The summed E-state index contributed by atoms with van der Waals surface area (Å²) in [5, 5.41) is 57.4. The van der Waals surface area contributed by atoms with E-state index in [1.54, 1.807) is 18.2 Å². The Morgan fingerprint density at radius 1 is 0.868 bits per heavy atom. The van der Waals surface area contributed by atoms with E-state index in [-0.39, 0.29) is 0 Å². The maximum Gasteiger partial charge on any atom is 0.345 e. The number of fused-ring (bicyclic) bond motifs is 2. The molecular weight excluding hydrogens is 494 g/mol. The van der Waals surface area contributed by atoms with Crippen LogP contribution in [0.3, 0.4) is 0 Å². The number of carboxylic acid groups (broad SMARTS) is 3. The Bertz CT molecular complexity index is 1180. The first kappa shape index (κ1) is 29.2. The van der Waals surface area contributed by atoms with Gasteiger partial charge in [0.15, 0.2) is 12.2 Å². The summed E-state index contributed by atoms with van der Waals surface area (Å²) in [4.78, 5) is 31.8. The molecule has 0 radical (unpaired) electrons. The van der Waals surface area contributed by atoms with Crippen LogP contribution in [0.1, 0.15) is 52.1 Å². The fourth-order valence-corrected chi connectivity index (χ4v) is 5.72. The molecule has 5 unspecified atom stereocenters. The summed E-state index contributed by atoms with van der Waals surface area (Å²) in [6, 6.07) is 11.1. The number of aliphatic hydroxyl groups excluding tert-OH is 2. The minimum Gasteiger partial charge on any atom is -0.479 e. The van der Waals surface area contributed by atoms with E-state index in [9.17, 15) is 24.6 Å². The predicted molar refractivity (Wildman–Crippen MR) is 137 cm³/mol. The highest BCUT2D eigenvalue weighted by atomic mass is 16.4. The second kappa shape index (κ2) is 11.6. The molecule has 2 bridgehead atoms. The van der Waals surface area contributed by atoms with Crippen molar-refractivity contribution >= 4 is 17.9 Å². The van der Waals surface area contributed by atoms with Gasteiger partial charge in [-0.15, -0.1) is 0 Å². The van der Waals surface area contributed by atoms with E-state index in [0.717, 1.165) is 29.8 Å². The molecule has 38 heavy (non-hydrogen) atoms. The molecule has 2 aliphatic rings. The molecule has 2 aromatic carbocycles. The predicted octanol–water partition coefficient (Wildman–Crippen LogP) is 1.52. The van der Waals surface area contributed by atoms with Crippen LogP contribution in [0.2, 0.25) is 0 Å². The number of carboxylic acids is 3. The van der Waals surface area contributed by atoms with Crippen molar-refractivity contribution in [2.45, 2.75) is 57.3 Å². The molecule has 0 aromatic heterocycles. The van der Waals surface area contributed by atoms with Crippen molar-refractivity contribution in [3.8, 4) is 0 Å². The smallest absolute Gasteiger partial charge is 0.345 e. The van der Waals surface area contributed by atoms with Crippen molar-refractivity contribution in [3.63, 3.8) is 0 Å². The highest BCUT2D eigenvalue weighted by Crippen LogP contribution is 2.48. The summed E-state index contributed by atoms with van der Waals surface area (Å²) < 4.78 is 0. The number of rotatable bonds is 7. The van der Waals surface area contributed by atoms with E-state index >= 15 is 0 Å². The van der Waals surface area contributed by atoms with Gasteiger partial charge in [0.2, 0.25) is 5.60 Å². The van der Waals surface area contributed by atoms with E-state index in [1.807, 2.05) is 26.0 Å². The van der Waals surface area contributed by atoms with Crippen LogP contribution in [0.4, 0.5) is 0 Å². The Hall–Kier alpha value is -3.31. The van der Waals surface area contributed by atoms with Gasteiger partial charge in [0.05, 0.1) is 0 Å².